The van der Waals surface area contributed by atoms with Crippen LogP contribution >= 0.6 is 0 Å². The van der Waals surface area contributed by atoms with Crippen molar-refractivity contribution < 1.29 is 14.3 Å². The second-order valence-corrected chi connectivity index (χ2v) is 10.1. The van der Waals surface area contributed by atoms with Gasteiger partial charge in [-0.3, -0.25) is 9.78 Å². The van der Waals surface area contributed by atoms with E-state index in [1.165, 1.54) is 0 Å². The van der Waals surface area contributed by atoms with Gasteiger partial charge in [-0.25, -0.2) is 0 Å². The van der Waals surface area contributed by atoms with Gasteiger partial charge in [-0.1, -0.05) is 54.6 Å². The second-order valence-electron chi connectivity index (χ2n) is 10.1. The molecule has 1 unspecified atom stereocenters. The van der Waals surface area contributed by atoms with Gasteiger partial charge in [-0.15, -0.1) is 0 Å². The molecule has 2 aliphatic heterocycles. The van der Waals surface area contributed by atoms with Gasteiger partial charge in [-0.05, 0) is 49.8 Å². The Balaban J connectivity index is 1.39. The number of ether oxygens (including phenoxy) is 2. The van der Waals surface area contributed by atoms with Crippen molar-refractivity contribution in [1.29, 1.82) is 0 Å². The van der Waals surface area contributed by atoms with E-state index in [1.807, 2.05) is 24.3 Å². The molecule has 35 heavy (non-hydrogen) atoms. The van der Waals surface area contributed by atoms with Crippen molar-refractivity contribution in [3.63, 3.8) is 0 Å². The van der Waals surface area contributed by atoms with Crippen molar-refractivity contribution in [3.8, 4) is 22.4 Å². The molecule has 0 saturated carbocycles. The molecule has 3 atom stereocenters. The fourth-order valence-corrected chi connectivity index (χ4v) is 5.23. The first-order chi connectivity index (χ1) is 16.9. The van der Waals surface area contributed by atoms with Crippen LogP contribution < -0.4 is 11.1 Å². The third-order valence-electron chi connectivity index (χ3n) is 6.98. The number of hydrogen-bond donors (Lipinski definition) is 2. The number of benzene rings is 2. The summed E-state index contributed by atoms with van der Waals surface area (Å²) >= 11 is 0. The van der Waals surface area contributed by atoms with Crippen LogP contribution in [0.1, 0.15) is 38.7 Å². The van der Waals surface area contributed by atoms with E-state index >= 15 is 0 Å². The smallest absolute Gasteiger partial charge is 0.224 e. The number of anilines is 1. The lowest BCUT2D eigenvalue weighted by atomic mass is 9.88. The third-order valence-corrected chi connectivity index (χ3v) is 6.98. The van der Waals surface area contributed by atoms with E-state index < -0.39 is 5.54 Å². The molecule has 0 bridgehead atoms. The number of carbonyl (C=O) groups is 1. The molecule has 182 valence electrons. The summed E-state index contributed by atoms with van der Waals surface area (Å²) in [5.41, 5.74) is 11.6. The van der Waals surface area contributed by atoms with Gasteiger partial charge in [0.15, 0.2) is 0 Å². The molecule has 1 amide bonds. The zero-order valence-electron chi connectivity index (χ0n) is 20.4. The lowest BCUT2D eigenvalue weighted by Gasteiger charge is -2.38. The summed E-state index contributed by atoms with van der Waals surface area (Å²) in [7, 11) is 0. The maximum Gasteiger partial charge on any atom is 0.224 e. The molecule has 2 fully saturated rings. The van der Waals surface area contributed by atoms with Gasteiger partial charge >= 0.3 is 0 Å². The Kier molecular flexibility index (Phi) is 6.69. The topological polar surface area (TPSA) is 86.5 Å². The predicted molar refractivity (Wildman–Crippen MR) is 138 cm³/mol. The standard InChI is InChI=1S/C29H33N3O3/c1-19-12-21(13-20(2)35-19)14-27(33)32-25-15-26(22-6-4-3-5-7-22)28(31-16-25)23-8-10-24(11-9-23)29(30)17-34-18-29/h3-11,15-16,19-21H,12-14,17-18,30H2,1-2H3,(H,32,33)/t19-,20+,21?. The first-order valence-corrected chi connectivity index (χ1v) is 12.4. The number of amides is 1. The zero-order chi connectivity index (χ0) is 24.4. The molecule has 2 saturated heterocycles. The molecular weight excluding hydrogens is 438 g/mol. The van der Waals surface area contributed by atoms with Crippen molar-refractivity contribution in [3.05, 3.63) is 72.4 Å². The Bertz CT molecular complexity index is 1170. The number of nitrogens with one attached hydrogen (secondary N) is 1. The third kappa shape index (κ3) is 5.30. The Morgan fingerprint density at radius 3 is 2.34 bits per heavy atom. The lowest BCUT2D eigenvalue weighted by molar-refractivity contribution is -0.119. The highest BCUT2D eigenvalue weighted by Crippen LogP contribution is 2.35. The highest BCUT2D eigenvalue weighted by molar-refractivity contribution is 5.93. The summed E-state index contributed by atoms with van der Waals surface area (Å²) in [5.74, 6) is 0.352. The number of rotatable bonds is 6. The monoisotopic (exact) mass is 471 g/mol. The van der Waals surface area contributed by atoms with Crippen LogP contribution in [0.3, 0.4) is 0 Å². The van der Waals surface area contributed by atoms with Crippen LogP contribution in [0.25, 0.3) is 22.4 Å². The van der Waals surface area contributed by atoms with Gasteiger partial charge in [0.2, 0.25) is 5.91 Å². The van der Waals surface area contributed by atoms with Crippen molar-refractivity contribution in [1.82, 2.24) is 4.98 Å². The molecule has 1 aromatic heterocycles. The molecule has 6 heteroatoms. The maximum absolute atomic E-state index is 12.9. The Hall–Kier alpha value is -3.06. The molecule has 0 radical (unpaired) electrons. The Morgan fingerprint density at radius 1 is 1.03 bits per heavy atom. The zero-order valence-corrected chi connectivity index (χ0v) is 20.4. The SMILES string of the molecule is C[C@@H]1CC(CC(=O)Nc2cnc(-c3ccc(C4(N)COC4)cc3)c(-c3ccccc3)c2)C[C@H](C)O1. The minimum atomic E-state index is -0.400. The summed E-state index contributed by atoms with van der Waals surface area (Å²) in [6.45, 7) is 5.24. The first kappa shape index (κ1) is 23.7. The number of carbonyl (C=O) groups excluding carboxylic acids is 1. The van der Waals surface area contributed by atoms with Crippen LogP contribution in [0.4, 0.5) is 5.69 Å². The highest BCUT2D eigenvalue weighted by atomic mass is 16.5. The van der Waals surface area contributed by atoms with E-state index in [-0.39, 0.29) is 18.1 Å². The fraction of sp³-hybridized carbons (Fsp3) is 0.379. The molecule has 3 N–H and O–H groups in total. The van der Waals surface area contributed by atoms with E-state index in [1.54, 1.807) is 6.20 Å². The summed E-state index contributed by atoms with van der Waals surface area (Å²) in [6, 6.07) is 20.4. The molecule has 2 aliphatic rings. The second kappa shape index (κ2) is 9.90. The van der Waals surface area contributed by atoms with Crippen LogP contribution in [0.15, 0.2) is 66.9 Å². The van der Waals surface area contributed by atoms with Crippen LogP contribution in [-0.4, -0.2) is 36.3 Å². The van der Waals surface area contributed by atoms with Crippen LogP contribution in [-0.2, 0) is 19.8 Å². The van der Waals surface area contributed by atoms with Gasteiger partial charge in [0.25, 0.3) is 0 Å². The van der Waals surface area contributed by atoms with Crippen LogP contribution in [0.2, 0.25) is 0 Å². The van der Waals surface area contributed by atoms with Crippen molar-refractivity contribution in [2.24, 2.45) is 11.7 Å². The molecular formula is C29H33N3O3. The minimum Gasteiger partial charge on any atom is -0.377 e. The normalized spacial score (nSPS) is 23.3. The average molecular weight is 472 g/mol. The van der Waals surface area contributed by atoms with Crippen molar-refractivity contribution in [2.45, 2.75) is 50.9 Å². The molecule has 5 rings (SSSR count). The fourth-order valence-electron chi connectivity index (χ4n) is 5.23. The number of nitrogens with two attached hydrogens (primary N) is 1. The van der Waals surface area contributed by atoms with Gasteiger partial charge < -0.3 is 20.5 Å². The number of nitrogens with zero attached hydrogens (tertiary/aromatic N) is 1. The van der Waals surface area contributed by atoms with E-state index in [2.05, 4.69) is 55.6 Å². The highest BCUT2D eigenvalue weighted by Gasteiger charge is 2.35. The average Bonchev–Trinajstić information content (AvgIpc) is 2.82. The van der Waals surface area contributed by atoms with Gasteiger partial charge in [0.05, 0.1) is 48.5 Å². The Morgan fingerprint density at radius 2 is 1.71 bits per heavy atom. The molecule has 0 spiro atoms. The Labute approximate surface area is 206 Å². The van der Waals surface area contributed by atoms with Gasteiger partial charge in [-0.2, -0.15) is 0 Å². The van der Waals surface area contributed by atoms with Crippen molar-refractivity contribution in [2.75, 3.05) is 18.5 Å². The number of hydrogen-bond acceptors (Lipinski definition) is 5. The van der Waals surface area contributed by atoms with Crippen LogP contribution in [0.5, 0.6) is 0 Å². The van der Waals surface area contributed by atoms with E-state index in [4.69, 9.17) is 20.2 Å². The summed E-state index contributed by atoms with van der Waals surface area (Å²) in [6.07, 6.45) is 4.45. The minimum absolute atomic E-state index is 0.0187. The first-order valence-electron chi connectivity index (χ1n) is 12.4. The number of aromatic nitrogens is 1. The molecule has 0 aliphatic carbocycles. The summed E-state index contributed by atoms with van der Waals surface area (Å²) in [4.78, 5) is 17.6. The molecule has 6 nitrogen and oxygen atoms in total. The lowest BCUT2D eigenvalue weighted by Crippen LogP contribution is -2.54. The number of pyridine rings is 1. The van der Waals surface area contributed by atoms with Crippen LogP contribution in [0, 0.1) is 5.92 Å². The van der Waals surface area contributed by atoms with Gasteiger partial charge in [0.1, 0.15) is 0 Å². The molecule has 3 heterocycles. The predicted octanol–water partition coefficient (Wildman–Crippen LogP) is 5.13. The summed E-state index contributed by atoms with van der Waals surface area (Å²) < 4.78 is 11.1. The largest absolute Gasteiger partial charge is 0.377 e. The van der Waals surface area contributed by atoms with E-state index in [9.17, 15) is 4.79 Å². The van der Waals surface area contributed by atoms with Crippen molar-refractivity contribution >= 4 is 11.6 Å². The van der Waals surface area contributed by atoms with E-state index in [0.717, 1.165) is 40.8 Å². The molecule has 3 aromatic rings. The molecule has 2 aromatic carbocycles. The van der Waals surface area contributed by atoms with E-state index in [0.29, 0.717) is 31.2 Å². The maximum atomic E-state index is 12.9. The summed E-state index contributed by atoms with van der Waals surface area (Å²) in [5, 5.41) is 3.08. The van der Waals surface area contributed by atoms with Gasteiger partial charge in [0, 0.05) is 17.5 Å². The quantitative estimate of drug-likeness (QED) is 0.520.